The second-order valence-corrected chi connectivity index (χ2v) is 9.52. The Hall–Kier alpha value is -5.42. The fourth-order valence-corrected chi connectivity index (χ4v) is 5.41. The number of pyridine rings is 1. The van der Waals surface area contributed by atoms with Crippen LogP contribution in [0.1, 0.15) is 0 Å². The summed E-state index contributed by atoms with van der Waals surface area (Å²) in [4.78, 5) is 19.3. The van der Waals surface area contributed by atoms with Gasteiger partial charge in [-0.1, -0.05) is 84.9 Å². The van der Waals surface area contributed by atoms with Crippen molar-refractivity contribution in [1.82, 2.24) is 19.9 Å². The largest absolute Gasteiger partial charge is 0.455 e. The van der Waals surface area contributed by atoms with Crippen molar-refractivity contribution in [1.29, 1.82) is 0 Å². The summed E-state index contributed by atoms with van der Waals surface area (Å²) in [6.07, 6.45) is 3.53. The van der Waals surface area contributed by atoms with Gasteiger partial charge in [-0.3, -0.25) is 4.98 Å². The highest BCUT2D eigenvalue weighted by Gasteiger charge is 2.19. The van der Waals surface area contributed by atoms with E-state index in [1.165, 1.54) is 5.39 Å². The Bertz CT molecular complexity index is 2180. The van der Waals surface area contributed by atoms with E-state index in [-0.39, 0.29) is 0 Å². The second-order valence-electron chi connectivity index (χ2n) is 9.52. The minimum Gasteiger partial charge on any atom is -0.455 e. The average molecular weight is 501 g/mol. The number of hydrogen-bond acceptors (Lipinski definition) is 5. The lowest BCUT2D eigenvalue weighted by atomic mass is 9.97. The number of hydrogen-bond donors (Lipinski definition) is 0. The summed E-state index contributed by atoms with van der Waals surface area (Å²) in [5, 5.41) is 6.68. The number of para-hydroxylation sites is 2. The normalized spacial score (nSPS) is 11.6. The lowest BCUT2D eigenvalue weighted by Gasteiger charge is -2.12. The van der Waals surface area contributed by atoms with Crippen molar-refractivity contribution in [2.45, 2.75) is 0 Å². The molecule has 0 saturated heterocycles. The molecule has 0 radical (unpaired) electrons. The van der Waals surface area contributed by atoms with Crippen LogP contribution < -0.4 is 0 Å². The molecule has 0 unspecified atom stereocenters. The molecule has 3 heterocycles. The molecule has 8 rings (SSSR count). The maximum atomic E-state index is 6.34. The zero-order chi connectivity index (χ0) is 25.8. The number of fused-ring (bicyclic) bond motifs is 6. The zero-order valence-corrected chi connectivity index (χ0v) is 20.7. The monoisotopic (exact) mass is 500 g/mol. The topological polar surface area (TPSA) is 64.7 Å². The molecule has 0 amide bonds. The van der Waals surface area contributed by atoms with Crippen molar-refractivity contribution in [2.75, 3.05) is 0 Å². The summed E-state index contributed by atoms with van der Waals surface area (Å²) >= 11 is 0. The first-order valence-electron chi connectivity index (χ1n) is 12.8. The van der Waals surface area contributed by atoms with Gasteiger partial charge in [0.25, 0.3) is 0 Å². The molecule has 5 heteroatoms. The number of nitrogens with zero attached hydrogens (tertiary/aromatic N) is 4. The minimum absolute atomic E-state index is 0.556. The van der Waals surface area contributed by atoms with Crippen LogP contribution in [0.25, 0.3) is 77.6 Å². The molecule has 0 aliphatic carbocycles. The molecular formula is C34H20N4O. The average Bonchev–Trinajstić information content (AvgIpc) is 3.40. The SMILES string of the molecule is c1cncc(-c2nc(-c3cccc4c3oc3ccccc34)nc(-c3cccc4ccc5ccccc5c34)n2)c1. The summed E-state index contributed by atoms with van der Waals surface area (Å²) in [7, 11) is 0. The molecule has 0 fully saturated rings. The third-order valence-electron chi connectivity index (χ3n) is 7.21. The molecule has 182 valence electrons. The molecule has 0 saturated carbocycles. The number of benzene rings is 5. The number of aromatic nitrogens is 4. The summed E-state index contributed by atoms with van der Waals surface area (Å²) < 4.78 is 6.34. The molecule has 0 aliphatic rings. The van der Waals surface area contributed by atoms with Gasteiger partial charge in [-0.05, 0) is 40.4 Å². The van der Waals surface area contributed by atoms with E-state index in [9.17, 15) is 0 Å². The van der Waals surface area contributed by atoms with Crippen molar-refractivity contribution in [2.24, 2.45) is 0 Å². The Morgan fingerprint density at radius 2 is 1.18 bits per heavy atom. The Morgan fingerprint density at radius 3 is 2.08 bits per heavy atom. The maximum Gasteiger partial charge on any atom is 0.167 e. The molecule has 8 aromatic rings. The molecule has 5 aromatic carbocycles. The molecule has 0 spiro atoms. The minimum atomic E-state index is 0.556. The highest BCUT2D eigenvalue weighted by atomic mass is 16.3. The molecule has 0 bridgehead atoms. The number of rotatable bonds is 3. The van der Waals surface area contributed by atoms with Crippen LogP contribution in [0.4, 0.5) is 0 Å². The van der Waals surface area contributed by atoms with Crippen LogP contribution in [0, 0.1) is 0 Å². The predicted octanol–water partition coefficient (Wildman–Crippen LogP) is 8.47. The second kappa shape index (κ2) is 8.57. The molecular weight excluding hydrogens is 480 g/mol. The fraction of sp³-hybridized carbons (Fsp3) is 0. The van der Waals surface area contributed by atoms with Crippen LogP contribution in [0.3, 0.4) is 0 Å². The molecule has 0 aliphatic heterocycles. The van der Waals surface area contributed by atoms with Crippen LogP contribution >= 0.6 is 0 Å². The van der Waals surface area contributed by atoms with Gasteiger partial charge in [0.05, 0.1) is 5.56 Å². The Labute approximate surface area is 223 Å². The number of furan rings is 1. The third-order valence-corrected chi connectivity index (χ3v) is 7.21. The van der Waals surface area contributed by atoms with E-state index in [0.29, 0.717) is 17.5 Å². The van der Waals surface area contributed by atoms with Gasteiger partial charge < -0.3 is 4.42 Å². The van der Waals surface area contributed by atoms with Crippen molar-refractivity contribution in [3.8, 4) is 34.2 Å². The van der Waals surface area contributed by atoms with Crippen molar-refractivity contribution >= 4 is 43.5 Å². The lowest BCUT2D eigenvalue weighted by molar-refractivity contribution is 0.669. The Kier molecular flexibility index (Phi) is 4.76. The van der Waals surface area contributed by atoms with E-state index >= 15 is 0 Å². The highest BCUT2D eigenvalue weighted by Crippen LogP contribution is 2.37. The van der Waals surface area contributed by atoms with Crippen molar-refractivity contribution < 1.29 is 4.42 Å². The van der Waals surface area contributed by atoms with Crippen LogP contribution in [-0.4, -0.2) is 19.9 Å². The van der Waals surface area contributed by atoms with Crippen LogP contribution in [0.5, 0.6) is 0 Å². The first-order chi connectivity index (χ1) is 19.3. The summed E-state index contributed by atoms with van der Waals surface area (Å²) in [6, 6.07) is 37.0. The van der Waals surface area contributed by atoms with Crippen molar-refractivity contribution in [3.05, 3.63) is 122 Å². The first kappa shape index (κ1) is 21.6. The van der Waals surface area contributed by atoms with E-state index in [2.05, 4.69) is 71.7 Å². The lowest BCUT2D eigenvalue weighted by Crippen LogP contribution is -2.01. The van der Waals surface area contributed by atoms with Crippen LogP contribution in [0.15, 0.2) is 126 Å². The van der Waals surface area contributed by atoms with Gasteiger partial charge in [-0.2, -0.15) is 0 Å². The molecule has 0 atom stereocenters. The van der Waals surface area contributed by atoms with Crippen LogP contribution in [-0.2, 0) is 0 Å². The highest BCUT2D eigenvalue weighted by molar-refractivity contribution is 6.14. The Morgan fingerprint density at radius 1 is 0.487 bits per heavy atom. The van der Waals surface area contributed by atoms with E-state index in [1.54, 1.807) is 12.4 Å². The molecule has 5 nitrogen and oxygen atoms in total. The van der Waals surface area contributed by atoms with E-state index in [0.717, 1.165) is 54.8 Å². The van der Waals surface area contributed by atoms with Gasteiger partial charge in [0.15, 0.2) is 17.5 Å². The van der Waals surface area contributed by atoms with Crippen LogP contribution in [0.2, 0.25) is 0 Å². The smallest absolute Gasteiger partial charge is 0.167 e. The predicted molar refractivity (Wildman–Crippen MR) is 156 cm³/mol. The molecule has 3 aromatic heterocycles. The van der Waals surface area contributed by atoms with Gasteiger partial charge in [0, 0.05) is 39.7 Å². The van der Waals surface area contributed by atoms with Gasteiger partial charge in [-0.15, -0.1) is 0 Å². The van der Waals surface area contributed by atoms with Gasteiger partial charge in [0.2, 0.25) is 0 Å². The van der Waals surface area contributed by atoms with Gasteiger partial charge in [-0.25, -0.2) is 15.0 Å². The van der Waals surface area contributed by atoms with Gasteiger partial charge in [0.1, 0.15) is 11.2 Å². The summed E-state index contributed by atoms with van der Waals surface area (Å²) in [5.41, 5.74) is 4.19. The van der Waals surface area contributed by atoms with E-state index < -0.39 is 0 Å². The molecule has 0 N–H and O–H groups in total. The summed E-state index contributed by atoms with van der Waals surface area (Å²) in [5.74, 6) is 1.73. The summed E-state index contributed by atoms with van der Waals surface area (Å²) in [6.45, 7) is 0. The first-order valence-corrected chi connectivity index (χ1v) is 12.8. The standard InChI is InChI=1S/C34H20N4O/c1-2-11-24-21(8-1)17-18-22-9-5-14-27(30(22)24)33-36-32(23-10-7-19-35-20-23)37-34(38-33)28-15-6-13-26-25-12-3-4-16-29(25)39-31(26)28/h1-20H. The fourth-order valence-electron chi connectivity index (χ4n) is 5.41. The quantitative estimate of drug-likeness (QED) is 0.228. The third kappa shape index (κ3) is 3.48. The van der Waals surface area contributed by atoms with Gasteiger partial charge >= 0.3 is 0 Å². The van der Waals surface area contributed by atoms with E-state index in [1.807, 2.05) is 42.5 Å². The zero-order valence-electron chi connectivity index (χ0n) is 20.7. The Balaban J connectivity index is 1.45. The van der Waals surface area contributed by atoms with E-state index in [4.69, 9.17) is 19.4 Å². The maximum absolute atomic E-state index is 6.34. The van der Waals surface area contributed by atoms with Crippen molar-refractivity contribution in [3.63, 3.8) is 0 Å². The molecule has 39 heavy (non-hydrogen) atoms.